The number of carbonyl (C=O) groups excluding carboxylic acids is 3. The number of esters is 3. The highest BCUT2D eigenvalue weighted by molar-refractivity contribution is 5.71. The lowest BCUT2D eigenvalue weighted by Gasteiger charge is -2.18. The fraction of sp³-hybridized carbons (Fsp3) is 0.632. The van der Waals surface area contributed by atoms with Gasteiger partial charge in [0, 0.05) is 19.3 Å². The van der Waals surface area contributed by atoms with Gasteiger partial charge in [0.25, 0.3) is 0 Å². The maximum absolute atomic E-state index is 12.9. The average molecular weight is 1020 g/mol. The molecule has 0 spiro atoms. The van der Waals surface area contributed by atoms with Gasteiger partial charge in [0.2, 0.25) is 0 Å². The first-order valence-electron chi connectivity index (χ1n) is 30.2. The molecule has 0 aliphatic heterocycles. The molecule has 0 aromatic heterocycles. The summed E-state index contributed by atoms with van der Waals surface area (Å²) in [6.07, 6.45) is 85.9. The van der Waals surface area contributed by atoms with E-state index < -0.39 is 6.10 Å². The van der Waals surface area contributed by atoms with Gasteiger partial charge in [-0.25, -0.2) is 0 Å². The third-order valence-corrected chi connectivity index (χ3v) is 12.4. The van der Waals surface area contributed by atoms with E-state index in [9.17, 15) is 14.4 Å². The summed E-state index contributed by atoms with van der Waals surface area (Å²) in [6, 6.07) is 0. The van der Waals surface area contributed by atoms with Crippen LogP contribution < -0.4 is 0 Å². The van der Waals surface area contributed by atoms with Gasteiger partial charge in [-0.3, -0.25) is 14.4 Å². The van der Waals surface area contributed by atoms with Crippen LogP contribution >= 0.6 is 0 Å². The van der Waals surface area contributed by atoms with Crippen LogP contribution in [0.3, 0.4) is 0 Å². The van der Waals surface area contributed by atoms with E-state index in [1.807, 2.05) is 6.08 Å². The standard InChI is InChI=1S/C68H110O6/c1-4-7-10-13-16-19-22-25-28-31-34-37-40-43-46-49-52-55-58-61-67(70)73-64-65(63-72-66(69)60-57-54-51-48-45-42-39-36-33-30-27-24-21-18-15-12-9-6-3)74-68(71)62-59-56-53-50-47-44-41-38-35-32-29-26-23-20-17-14-11-8-5-2/h7,10,16-17,19-21,24-26,28-30,33-35,37-38,43,46,52,55,65H,4-6,8-9,11-15,18,22-23,27,31-32,36,39-42,44-45,47-51,53-54,56-64H2,1-3H3/b10-7-,19-16-,20-17-,24-21-,28-25-,29-26-,33-30-,37-34-,38-35-,46-43-,55-52-. The highest BCUT2D eigenvalue weighted by Crippen LogP contribution is 2.14. The molecule has 0 heterocycles. The number of rotatable bonds is 53. The largest absolute Gasteiger partial charge is 0.462 e. The molecule has 0 bridgehead atoms. The lowest BCUT2D eigenvalue weighted by molar-refractivity contribution is -0.166. The van der Waals surface area contributed by atoms with Crippen molar-refractivity contribution in [2.75, 3.05) is 13.2 Å². The third-order valence-electron chi connectivity index (χ3n) is 12.4. The van der Waals surface area contributed by atoms with Gasteiger partial charge in [0.1, 0.15) is 13.2 Å². The molecule has 0 aliphatic rings. The Morgan fingerprint density at radius 3 is 0.932 bits per heavy atom. The number of allylic oxidation sites excluding steroid dienone is 22. The SMILES string of the molecule is CC/C=C\C/C=C\C/C=C\C/C=C\C/C=C\C/C=C\CCC(=O)OCC(COC(=O)CCCCCCCCC/C=C\C/C=C\CCCCCC)OC(=O)CCCCCCCC/C=C\C/C=C\C/C=C\CCCCC. The molecule has 0 saturated carbocycles. The molecular formula is C68H110O6. The fourth-order valence-electron chi connectivity index (χ4n) is 7.86. The fourth-order valence-corrected chi connectivity index (χ4v) is 7.86. The molecule has 74 heavy (non-hydrogen) atoms. The molecule has 0 N–H and O–H groups in total. The number of hydrogen-bond acceptors (Lipinski definition) is 6. The van der Waals surface area contributed by atoms with Crippen molar-refractivity contribution >= 4 is 17.9 Å². The minimum atomic E-state index is -0.825. The lowest BCUT2D eigenvalue weighted by atomic mass is 10.1. The van der Waals surface area contributed by atoms with Crippen LogP contribution in [0.25, 0.3) is 0 Å². The van der Waals surface area contributed by atoms with Crippen molar-refractivity contribution in [1.82, 2.24) is 0 Å². The highest BCUT2D eigenvalue weighted by atomic mass is 16.6. The number of hydrogen-bond donors (Lipinski definition) is 0. The Morgan fingerprint density at radius 2 is 0.554 bits per heavy atom. The molecule has 0 saturated heterocycles. The molecule has 0 radical (unpaired) electrons. The van der Waals surface area contributed by atoms with E-state index in [0.717, 1.165) is 116 Å². The Bertz CT molecular complexity index is 1600. The maximum atomic E-state index is 12.9. The molecule has 0 aromatic rings. The summed E-state index contributed by atoms with van der Waals surface area (Å²) in [6.45, 7) is 6.40. The monoisotopic (exact) mass is 1020 g/mol. The van der Waals surface area contributed by atoms with Crippen LogP contribution in [-0.2, 0) is 28.6 Å². The minimum absolute atomic E-state index is 0.115. The van der Waals surface area contributed by atoms with Gasteiger partial charge in [0.05, 0.1) is 0 Å². The predicted octanol–water partition coefficient (Wildman–Crippen LogP) is 20.6. The number of unbranched alkanes of at least 4 members (excludes halogenated alkanes) is 20. The van der Waals surface area contributed by atoms with E-state index in [-0.39, 0.29) is 37.5 Å². The van der Waals surface area contributed by atoms with Crippen molar-refractivity contribution in [1.29, 1.82) is 0 Å². The van der Waals surface area contributed by atoms with Gasteiger partial charge in [-0.2, -0.15) is 0 Å². The summed E-state index contributed by atoms with van der Waals surface area (Å²) in [5.74, 6) is -1.02. The Labute approximate surface area is 455 Å². The van der Waals surface area contributed by atoms with E-state index >= 15 is 0 Å². The molecule has 0 fully saturated rings. The van der Waals surface area contributed by atoms with Gasteiger partial charge >= 0.3 is 17.9 Å². The van der Waals surface area contributed by atoms with Crippen molar-refractivity contribution in [3.8, 4) is 0 Å². The van der Waals surface area contributed by atoms with Crippen molar-refractivity contribution in [2.45, 2.75) is 264 Å². The first-order chi connectivity index (χ1) is 36.5. The van der Waals surface area contributed by atoms with Crippen LogP contribution in [-0.4, -0.2) is 37.2 Å². The second-order valence-corrected chi connectivity index (χ2v) is 19.5. The summed E-state index contributed by atoms with van der Waals surface area (Å²) >= 11 is 0. The molecule has 0 aliphatic carbocycles. The zero-order valence-electron chi connectivity index (χ0n) is 47.8. The average Bonchev–Trinajstić information content (AvgIpc) is 3.40. The maximum Gasteiger partial charge on any atom is 0.306 e. The molecule has 0 amide bonds. The van der Waals surface area contributed by atoms with Gasteiger partial charge in [-0.15, -0.1) is 0 Å². The zero-order chi connectivity index (χ0) is 53.6. The van der Waals surface area contributed by atoms with Crippen molar-refractivity contribution < 1.29 is 28.6 Å². The van der Waals surface area contributed by atoms with E-state index in [1.165, 1.54) is 96.3 Å². The van der Waals surface area contributed by atoms with Gasteiger partial charge < -0.3 is 14.2 Å². The third kappa shape index (κ3) is 58.4. The topological polar surface area (TPSA) is 78.9 Å². The van der Waals surface area contributed by atoms with Crippen LogP contribution in [0, 0.1) is 0 Å². The van der Waals surface area contributed by atoms with E-state index in [2.05, 4.69) is 148 Å². The molecule has 418 valence electrons. The Hall–Kier alpha value is -4.45. The van der Waals surface area contributed by atoms with Crippen molar-refractivity contribution in [3.05, 3.63) is 134 Å². The zero-order valence-corrected chi connectivity index (χ0v) is 47.8. The molecule has 1 unspecified atom stereocenters. The number of ether oxygens (including phenoxy) is 3. The summed E-state index contributed by atoms with van der Waals surface area (Å²) in [4.78, 5) is 38.2. The first-order valence-corrected chi connectivity index (χ1v) is 30.2. The van der Waals surface area contributed by atoms with E-state index in [0.29, 0.717) is 19.3 Å². The number of carbonyl (C=O) groups is 3. The smallest absolute Gasteiger partial charge is 0.306 e. The van der Waals surface area contributed by atoms with Gasteiger partial charge in [0.15, 0.2) is 6.10 Å². The lowest BCUT2D eigenvalue weighted by Crippen LogP contribution is -2.30. The first kappa shape index (κ1) is 69.5. The summed E-state index contributed by atoms with van der Waals surface area (Å²) in [7, 11) is 0. The molecule has 6 nitrogen and oxygen atoms in total. The van der Waals surface area contributed by atoms with Crippen molar-refractivity contribution in [2.24, 2.45) is 0 Å². The van der Waals surface area contributed by atoms with Crippen LogP contribution in [0.2, 0.25) is 0 Å². The molecule has 0 rings (SSSR count). The molecule has 1 atom stereocenters. The van der Waals surface area contributed by atoms with Gasteiger partial charge in [-0.05, 0) is 128 Å². The normalized spacial score (nSPS) is 13.1. The summed E-state index contributed by atoms with van der Waals surface area (Å²) < 4.78 is 16.8. The Kier molecular flexibility index (Phi) is 57.4. The highest BCUT2D eigenvalue weighted by Gasteiger charge is 2.19. The van der Waals surface area contributed by atoms with Crippen LogP contribution in [0.15, 0.2) is 134 Å². The summed E-state index contributed by atoms with van der Waals surface area (Å²) in [5.41, 5.74) is 0. The van der Waals surface area contributed by atoms with Crippen LogP contribution in [0.4, 0.5) is 0 Å². The van der Waals surface area contributed by atoms with Crippen LogP contribution in [0.1, 0.15) is 258 Å². The van der Waals surface area contributed by atoms with Crippen molar-refractivity contribution in [3.63, 3.8) is 0 Å². The van der Waals surface area contributed by atoms with E-state index in [4.69, 9.17) is 14.2 Å². The molecule has 6 heteroatoms. The second kappa shape index (κ2) is 61.1. The molecule has 0 aromatic carbocycles. The predicted molar refractivity (Wildman–Crippen MR) is 320 cm³/mol. The van der Waals surface area contributed by atoms with Crippen LogP contribution in [0.5, 0.6) is 0 Å². The second-order valence-electron chi connectivity index (χ2n) is 19.5. The Balaban J connectivity index is 4.56. The van der Waals surface area contributed by atoms with E-state index in [1.54, 1.807) is 0 Å². The minimum Gasteiger partial charge on any atom is -0.462 e. The molecular weight excluding hydrogens is 913 g/mol. The van der Waals surface area contributed by atoms with Gasteiger partial charge in [-0.1, -0.05) is 244 Å². The summed E-state index contributed by atoms with van der Waals surface area (Å²) in [5, 5.41) is 0. The Morgan fingerprint density at radius 1 is 0.284 bits per heavy atom. The quantitative estimate of drug-likeness (QED) is 0.0261.